The summed E-state index contributed by atoms with van der Waals surface area (Å²) in [6.07, 6.45) is 0. The molecular formula is C7H6ClF2NO. The first-order chi connectivity index (χ1) is 5.54. The van der Waals surface area contributed by atoms with Crippen molar-refractivity contribution in [2.45, 2.75) is 13.5 Å². The van der Waals surface area contributed by atoms with Crippen LogP contribution in [0, 0.1) is 6.92 Å². The van der Waals surface area contributed by atoms with Crippen LogP contribution < -0.4 is 5.56 Å². The molecule has 0 saturated heterocycles. The molecule has 0 aliphatic carbocycles. The van der Waals surface area contributed by atoms with Gasteiger partial charge in [0, 0.05) is 5.69 Å². The lowest BCUT2D eigenvalue weighted by Gasteiger charge is -2.07. The Labute approximate surface area is 72.4 Å². The van der Waals surface area contributed by atoms with Gasteiger partial charge in [-0.1, -0.05) is 11.6 Å². The van der Waals surface area contributed by atoms with Crippen molar-refractivity contribution < 1.29 is 8.78 Å². The molecular weight excluding hydrogens is 188 g/mol. The third-order valence-corrected chi connectivity index (χ3v) is 1.76. The minimum atomic E-state index is -2.84. The SMILES string of the molecule is Cc1ccc(Cl)c(=O)n1C(F)F. The number of hydrogen-bond donors (Lipinski definition) is 0. The summed E-state index contributed by atoms with van der Waals surface area (Å²) in [6, 6.07) is 2.67. The van der Waals surface area contributed by atoms with E-state index in [-0.39, 0.29) is 10.7 Å². The molecule has 0 fully saturated rings. The summed E-state index contributed by atoms with van der Waals surface area (Å²) in [4.78, 5) is 11.0. The summed E-state index contributed by atoms with van der Waals surface area (Å²) in [5.74, 6) is 0. The second-order valence-corrected chi connectivity index (χ2v) is 2.68. The van der Waals surface area contributed by atoms with E-state index in [1.54, 1.807) is 0 Å². The first-order valence-corrected chi connectivity index (χ1v) is 3.57. The van der Waals surface area contributed by atoms with Crippen molar-refractivity contribution in [2.24, 2.45) is 0 Å². The van der Waals surface area contributed by atoms with Crippen LogP contribution in [0.3, 0.4) is 0 Å². The lowest BCUT2D eigenvalue weighted by atomic mass is 10.4. The molecule has 12 heavy (non-hydrogen) atoms. The highest BCUT2D eigenvalue weighted by Gasteiger charge is 2.12. The monoisotopic (exact) mass is 193 g/mol. The Morgan fingerprint density at radius 3 is 2.50 bits per heavy atom. The average Bonchev–Trinajstić information content (AvgIpc) is 1.97. The molecule has 66 valence electrons. The zero-order valence-corrected chi connectivity index (χ0v) is 6.98. The number of alkyl halides is 2. The smallest absolute Gasteiger partial charge is 0.267 e. The van der Waals surface area contributed by atoms with E-state index in [1.807, 2.05) is 0 Å². The zero-order chi connectivity index (χ0) is 9.30. The molecule has 0 bridgehead atoms. The van der Waals surface area contributed by atoms with Gasteiger partial charge in [-0.2, -0.15) is 8.78 Å². The number of aromatic nitrogens is 1. The number of pyridine rings is 1. The fourth-order valence-electron chi connectivity index (χ4n) is 0.863. The van der Waals surface area contributed by atoms with Crippen LogP contribution in [-0.4, -0.2) is 4.57 Å². The molecule has 0 aliphatic heterocycles. The summed E-state index contributed by atoms with van der Waals surface area (Å²) in [5, 5.41) is -0.194. The maximum atomic E-state index is 12.2. The maximum Gasteiger partial charge on any atom is 0.321 e. The highest BCUT2D eigenvalue weighted by Crippen LogP contribution is 2.12. The van der Waals surface area contributed by atoms with Gasteiger partial charge in [0.1, 0.15) is 5.02 Å². The molecule has 0 saturated carbocycles. The molecule has 0 amide bonds. The van der Waals surface area contributed by atoms with E-state index >= 15 is 0 Å². The Hall–Kier alpha value is -0.900. The molecule has 0 N–H and O–H groups in total. The first-order valence-electron chi connectivity index (χ1n) is 3.20. The van der Waals surface area contributed by atoms with Crippen LogP contribution in [0.2, 0.25) is 5.02 Å². The highest BCUT2D eigenvalue weighted by molar-refractivity contribution is 6.30. The molecule has 1 heterocycles. The molecule has 0 aliphatic rings. The van der Waals surface area contributed by atoms with E-state index in [2.05, 4.69) is 0 Å². The van der Waals surface area contributed by atoms with Gasteiger partial charge in [0.15, 0.2) is 0 Å². The van der Waals surface area contributed by atoms with Crippen molar-refractivity contribution in [3.63, 3.8) is 0 Å². The predicted molar refractivity (Wildman–Crippen MR) is 41.7 cm³/mol. The second-order valence-electron chi connectivity index (χ2n) is 2.28. The predicted octanol–water partition coefficient (Wildman–Crippen LogP) is 2.21. The lowest BCUT2D eigenvalue weighted by molar-refractivity contribution is 0.0642. The van der Waals surface area contributed by atoms with Crippen LogP contribution >= 0.6 is 11.6 Å². The van der Waals surface area contributed by atoms with Crippen molar-refractivity contribution in [3.05, 3.63) is 33.2 Å². The van der Waals surface area contributed by atoms with Gasteiger partial charge in [-0.3, -0.25) is 9.36 Å². The summed E-state index contributed by atoms with van der Waals surface area (Å²) >= 11 is 5.36. The molecule has 1 aromatic heterocycles. The molecule has 1 rings (SSSR count). The van der Waals surface area contributed by atoms with E-state index in [0.717, 1.165) is 0 Å². The van der Waals surface area contributed by atoms with Crippen molar-refractivity contribution in [3.8, 4) is 0 Å². The molecule has 2 nitrogen and oxygen atoms in total. The van der Waals surface area contributed by atoms with Gasteiger partial charge in [0.2, 0.25) is 0 Å². The number of nitrogens with zero attached hydrogens (tertiary/aromatic N) is 1. The van der Waals surface area contributed by atoms with Crippen LogP contribution in [0.25, 0.3) is 0 Å². The topological polar surface area (TPSA) is 22.0 Å². The van der Waals surface area contributed by atoms with Crippen molar-refractivity contribution in [1.29, 1.82) is 0 Å². The van der Waals surface area contributed by atoms with Crippen LogP contribution in [0.1, 0.15) is 12.2 Å². The summed E-state index contributed by atoms with van der Waals surface area (Å²) in [6.45, 7) is -1.42. The highest BCUT2D eigenvalue weighted by atomic mass is 35.5. The third kappa shape index (κ3) is 1.48. The Bertz CT molecular complexity index is 348. The van der Waals surface area contributed by atoms with Gasteiger partial charge in [-0.05, 0) is 19.1 Å². The number of halogens is 3. The molecule has 5 heteroatoms. The molecule has 0 aromatic carbocycles. The normalized spacial score (nSPS) is 10.8. The van der Waals surface area contributed by atoms with Crippen molar-refractivity contribution in [2.75, 3.05) is 0 Å². The van der Waals surface area contributed by atoms with Gasteiger partial charge in [0.05, 0.1) is 0 Å². The van der Waals surface area contributed by atoms with E-state index in [9.17, 15) is 13.6 Å². The van der Waals surface area contributed by atoms with Gasteiger partial charge >= 0.3 is 6.55 Å². The van der Waals surface area contributed by atoms with Crippen molar-refractivity contribution >= 4 is 11.6 Å². The number of rotatable bonds is 1. The van der Waals surface area contributed by atoms with E-state index < -0.39 is 12.1 Å². The third-order valence-electron chi connectivity index (χ3n) is 1.47. The Kier molecular flexibility index (Phi) is 2.47. The van der Waals surface area contributed by atoms with E-state index in [1.165, 1.54) is 19.1 Å². The Morgan fingerprint density at radius 1 is 1.50 bits per heavy atom. The molecule has 0 atom stereocenters. The average molecular weight is 194 g/mol. The number of aryl methyl sites for hydroxylation is 1. The van der Waals surface area contributed by atoms with Gasteiger partial charge < -0.3 is 0 Å². The largest absolute Gasteiger partial charge is 0.321 e. The minimum absolute atomic E-state index is 0.194. The van der Waals surface area contributed by atoms with Crippen LogP contribution in [0.5, 0.6) is 0 Å². The summed E-state index contributed by atoms with van der Waals surface area (Å²) in [7, 11) is 0. The van der Waals surface area contributed by atoms with Gasteiger partial charge in [-0.15, -0.1) is 0 Å². The molecule has 0 spiro atoms. The van der Waals surface area contributed by atoms with Crippen LogP contribution in [0.4, 0.5) is 8.78 Å². The number of hydrogen-bond acceptors (Lipinski definition) is 1. The Morgan fingerprint density at radius 2 is 2.08 bits per heavy atom. The Balaban J connectivity index is 3.44. The van der Waals surface area contributed by atoms with Gasteiger partial charge in [-0.25, -0.2) is 0 Å². The first kappa shape index (κ1) is 9.19. The van der Waals surface area contributed by atoms with Gasteiger partial charge in [0.25, 0.3) is 5.56 Å². The summed E-state index contributed by atoms with van der Waals surface area (Å²) in [5.41, 5.74) is -0.661. The fraction of sp³-hybridized carbons (Fsp3) is 0.286. The lowest BCUT2D eigenvalue weighted by Crippen LogP contribution is -2.22. The standard InChI is InChI=1S/C7H6ClF2NO/c1-4-2-3-5(8)6(12)11(4)7(9)10/h2-3,7H,1H3. The van der Waals surface area contributed by atoms with E-state index in [4.69, 9.17) is 11.6 Å². The quantitative estimate of drug-likeness (QED) is 0.670. The molecule has 0 radical (unpaired) electrons. The summed E-state index contributed by atoms with van der Waals surface area (Å²) < 4.78 is 24.7. The second kappa shape index (κ2) is 3.23. The minimum Gasteiger partial charge on any atom is -0.267 e. The van der Waals surface area contributed by atoms with Crippen LogP contribution in [-0.2, 0) is 0 Å². The fourth-order valence-corrected chi connectivity index (χ4v) is 1.02. The maximum absolute atomic E-state index is 12.2. The molecule has 0 unspecified atom stereocenters. The van der Waals surface area contributed by atoms with Crippen molar-refractivity contribution in [1.82, 2.24) is 4.57 Å². The van der Waals surface area contributed by atoms with Crippen LogP contribution in [0.15, 0.2) is 16.9 Å². The zero-order valence-electron chi connectivity index (χ0n) is 6.22. The van der Waals surface area contributed by atoms with E-state index in [0.29, 0.717) is 4.57 Å². The molecule has 1 aromatic rings.